The third kappa shape index (κ3) is 5.01. The molecule has 0 aliphatic carbocycles. The van der Waals surface area contributed by atoms with Crippen LogP contribution in [0.2, 0.25) is 0 Å². The van der Waals surface area contributed by atoms with Crippen molar-refractivity contribution in [2.45, 2.75) is 6.92 Å². The number of nitrogens with zero attached hydrogens (tertiary/aromatic N) is 3. The topological polar surface area (TPSA) is 90.6 Å². The van der Waals surface area contributed by atoms with Crippen molar-refractivity contribution < 1.29 is 14.3 Å². The second-order valence-electron chi connectivity index (χ2n) is 6.62. The van der Waals surface area contributed by atoms with Gasteiger partial charge in [0.05, 0.1) is 17.0 Å². The second kappa shape index (κ2) is 9.05. The lowest BCUT2D eigenvalue weighted by Gasteiger charge is -2.16. The molecule has 0 aliphatic heterocycles. The molecule has 0 bridgehead atoms. The lowest BCUT2D eigenvalue weighted by Crippen LogP contribution is -2.24. The fourth-order valence-electron chi connectivity index (χ4n) is 2.83. The Morgan fingerprint density at radius 3 is 2.10 bits per heavy atom. The van der Waals surface area contributed by atoms with Gasteiger partial charge in [-0.2, -0.15) is 0 Å². The van der Waals surface area contributed by atoms with Gasteiger partial charge in [-0.1, -0.05) is 18.2 Å². The van der Waals surface area contributed by atoms with Crippen LogP contribution in [0.25, 0.3) is 11.3 Å². The maximum atomic E-state index is 12.6. The molecule has 3 rings (SSSR count). The number of carbonyl (C=O) groups excluding carboxylic acids is 1. The Morgan fingerprint density at radius 1 is 0.931 bits per heavy atom. The smallest absolute Gasteiger partial charge is 0.257 e. The van der Waals surface area contributed by atoms with Crippen LogP contribution < -0.4 is 15.2 Å². The molecule has 0 saturated carbocycles. The molecule has 7 nitrogen and oxygen atoms in total. The minimum absolute atomic E-state index is 0.131. The van der Waals surface area contributed by atoms with Gasteiger partial charge in [-0.3, -0.25) is 4.79 Å². The number of para-hydroxylation sites is 1. The van der Waals surface area contributed by atoms with Crippen LogP contribution in [0.5, 0.6) is 11.5 Å². The van der Waals surface area contributed by atoms with Gasteiger partial charge in [-0.15, -0.1) is 0 Å². The number of aromatic nitrogens is 2. The van der Waals surface area contributed by atoms with Crippen molar-refractivity contribution in [1.82, 2.24) is 14.9 Å². The van der Waals surface area contributed by atoms with Gasteiger partial charge in [0.1, 0.15) is 24.7 Å². The molecule has 2 aromatic carbocycles. The van der Waals surface area contributed by atoms with E-state index in [1.807, 2.05) is 54.6 Å². The second-order valence-corrected chi connectivity index (χ2v) is 6.62. The van der Waals surface area contributed by atoms with Crippen molar-refractivity contribution in [3.63, 3.8) is 0 Å². The van der Waals surface area contributed by atoms with Crippen LogP contribution in [0, 0.1) is 6.92 Å². The molecule has 0 saturated heterocycles. The van der Waals surface area contributed by atoms with Crippen LogP contribution in [0.15, 0.2) is 54.6 Å². The van der Waals surface area contributed by atoms with E-state index in [4.69, 9.17) is 15.2 Å². The monoisotopic (exact) mass is 392 g/mol. The minimum Gasteiger partial charge on any atom is -0.490 e. The molecule has 0 spiro atoms. The maximum Gasteiger partial charge on any atom is 0.257 e. The zero-order valence-corrected chi connectivity index (χ0v) is 16.8. The van der Waals surface area contributed by atoms with Gasteiger partial charge < -0.3 is 20.1 Å². The first kappa shape index (κ1) is 20.1. The first-order chi connectivity index (χ1) is 14.0. The fourth-order valence-corrected chi connectivity index (χ4v) is 2.83. The number of benzene rings is 2. The molecule has 0 atom stereocenters. The van der Waals surface area contributed by atoms with E-state index in [-0.39, 0.29) is 11.9 Å². The fraction of sp³-hybridized carbons (Fsp3) is 0.227. The summed E-state index contributed by atoms with van der Waals surface area (Å²) in [5, 5.41) is 0. The number of hydrogen-bond acceptors (Lipinski definition) is 6. The number of hydrogen-bond donors (Lipinski definition) is 1. The predicted octanol–water partition coefficient (Wildman–Crippen LogP) is 3.19. The van der Waals surface area contributed by atoms with Gasteiger partial charge >= 0.3 is 0 Å². The standard InChI is InChI=1S/C22H24N4O3/c1-15-19(21(27)26(2)3)20(25-22(23)24-15)16-9-11-18(12-10-16)29-14-13-28-17-7-5-4-6-8-17/h4-12H,13-14H2,1-3H3,(H2,23,24,25). The average Bonchev–Trinajstić information content (AvgIpc) is 2.71. The molecule has 1 amide bonds. The number of ether oxygens (including phenoxy) is 2. The van der Waals surface area contributed by atoms with Gasteiger partial charge in [0.15, 0.2) is 0 Å². The molecule has 0 unspecified atom stereocenters. The van der Waals surface area contributed by atoms with Crippen molar-refractivity contribution in [3.05, 3.63) is 65.9 Å². The summed E-state index contributed by atoms with van der Waals surface area (Å²) in [6.07, 6.45) is 0. The lowest BCUT2D eigenvalue weighted by atomic mass is 10.0. The van der Waals surface area contributed by atoms with Crippen LogP contribution in [0.3, 0.4) is 0 Å². The van der Waals surface area contributed by atoms with Crippen molar-refractivity contribution in [2.24, 2.45) is 0 Å². The van der Waals surface area contributed by atoms with E-state index in [2.05, 4.69) is 9.97 Å². The molecule has 1 aromatic heterocycles. The summed E-state index contributed by atoms with van der Waals surface area (Å²) in [7, 11) is 3.38. The normalized spacial score (nSPS) is 10.4. The van der Waals surface area contributed by atoms with E-state index in [1.54, 1.807) is 21.0 Å². The van der Waals surface area contributed by atoms with Crippen LogP contribution in [0.1, 0.15) is 16.1 Å². The molecular weight excluding hydrogens is 368 g/mol. The highest BCUT2D eigenvalue weighted by atomic mass is 16.5. The number of rotatable bonds is 7. The van der Waals surface area contributed by atoms with Gasteiger partial charge in [0.25, 0.3) is 5.91 Å². The predicted molar refractivity (Wildman–Crippen MR) is 112 cm³/mol. The number of nitrogen functional groups attached to an aromatic ring is 1. The molecule has 0 fully saturated rings. The number of carbonyl (C=O) groups is 1. The highest BCUT2D eigenvalue weighted by Gasteiger charge is 2.20. The minimum atomic E-state index is -0.170. The van der Waals surface area contributed by atoms with E-state index in [9.17, 15) is 4.79 Å². The van der Waals surface area contributed by atoms with Crippen molar-refractivity contribution in [3.8, 4) is 22.8 Å². The van der Waals surface area contributed by atoms with Crippen molar-refractivity contribution in [2.75, 3.05) is 33.0 Å². The quantitative estimate of drug-likeness (QED) is 0.621. The molecule has 3 aromatic rings. The summed E-state index contributed by atoms with van der Waals surface area (Å²) in [5.74, 6) is 1.47. The first-order valence-electron chi connectivity index (χ1n) is 9.22. The Morgan fingerprint density at radius 2 is 1.52 bits per heavy atom. The molecule has 1 heterocycles. The Bertz CT molecular complexity index is 973. The zero-order valence-electron chi connectivity index (χ0n) is 16.8. The summed E-state index contributed by atoms with van der Waals surface area (Å²) in [6.45, 7) is 2.61. The highest BCUT2D eigenvalue weighted by molar-refractivity contribution is 6.00. The molecule has 29 heavy (non-hydrogen) atoms. The summed E-state index contributed by atoms with van der Waals surface area (Å²) < 4.78 is 11.3. The Hall–Kier alpha value is -3.61. The molecule has 0 aliphatic rings. The third-order valence-corrected chi connectivity index (χ3v) is 4.22. The number of anilines is 1. The van der Waals surface area contributed by atoms with Gasteiger partial charge in [-0.25, -0.2) is 9.97 Å². The highest BCUT2D eigenvalue weighted by Crippen LogP contribution is 2.27. The Labute approximate surface area is 170 Å². The Kier molecular flexibility index (Phi) is 6.29. The SMILES string of the molecule is Cc1nc(N)nc(-c2ccc(OCCOc3ccccc3)cc2)c1C(=O)N(C)C. The summed E-state index contributed by atoms with van der Waals surface area (Å²) in [5.41, 5.74) is 8.07. The Balaban J connectivity index is 1.71. The number of nitrogens with two attached hydrogens (primary N) is 1. The van der Waals surface area contributed by atoms with Crippen molar-refractivity contribution >= 4 is 11.9 Å². The van der Waals surface area contributed by atoms with Gasteiger partial charge in [0, 0.05) is 19.7 Å². The van der Waals surface area contributed by atoms with Crippen LogP contribution in [0.4, 0.5) is 5.95 Å². The van der Waals surface area contributed by atoms with Gasteiger partial charge in [0.2, 0.25) is 5.95 Å². The average molecular weight is 392 g/mol. The van der Waals surface area contributed by atoms with E-state index >= 15 is 0 Å². The third-order valence-electron chi connectivity index (χ3n) is 4.22. The largest absolute Gasteiger partial charge is 0.490 e. The summed E-state index contributed by atoms with van der Waals surface area (Å²) in [6, 6.07) is 16.9. The van der Waals surface area contributed by atoms with E-state index in [0.717, 1.165) is 11.3 Å². The van der Waals surface area contributed by atoms with Crippen LogP contribution in [-0.2, 0) is 0 Å². The van der Waals surface area contributed by atoms with Crippen LogP contribution >= 0.6 is 0 Å². The van der Waals surface area contributed by atoms with Gasteiger partial charge in [-0.05, 0) is 43.3 Å². The van der Waals surface area contributed by atoms with Crippen molar-refractivity contribution in [1.29, 1.82) is 0 Å². The molecule has 150 valence electrons. The summed E-state index contributed by atoms with van der Waals surface area (Å²) in [4.78, 5) is 22.5. The molecule has 7 heteroatoms. The number of amides is 1. The lowest BCUT2D eigenvalue weighted by molar-refractivity contribution is 0.0827. The van der Waals surface area contributed by atoms with E-state index in [1.165, 1.54) is 4.90 Å². The molecule has 0 radical (unpaired) electrons. The zero-order chi connectivity index (χ0) is 20.8. The van der Waals surface area contributed by atoms with E-state index < -0.39 is 0 Å². The van der Waals surface area contributed by atoms with E-state index in [0.29, 0.717) is 35.9 Å². The molecular formula is C22H24N4O3. The number of aryl methyl sites for hydroxylation is 1. The molecule has 2 N–H and O–H groups in total. The maximum absolute atomic E-state index is 12.6. The van der Waals surface area contributed by atoms with Crippen LogP contribution in [-0.4, -0.2) is 48.1 Å². The first-order valence-corrected chi connectivity index (χ1v) is 9.22. The summed E-state index contributed by atoms with van der Waals surface area (Å²) >= 11 is 0.